The number of alkyl halides is 5. The van der Waals surface area contributed by atoms with Crippen molar-refractivity contribution in [1.82, 2.24) is 20.1 Å². The van der Waals surface area contributed by atoms with Gasteiger partial charge >= 0.3 is 23.9 Å². The minimum Gasteiger partial charge on any atom is -0.383 e. The summed E-state index contributed by atoms with van der Waals surface area (Å²) >= 11 is 0. The number of nitrogens with two attached hydrogens (primary N) is 1. The lowest BCUT2D eigenvalue weighted by molar-refractivity contribution is -0.289. The van der Waals surface area contributed by atoms with Crippen molar-refractivity contribution in [2.75, 3.05) is 18.1 Å². The number of nitrogen functional groups attached to an aromatic ring is 1. The Morgan fingerprint density at radius 1 is 1.19 bits per heavy atom. The van der Waals surface area contributed by atoms with Gasteiger partial charge in [0.05, 0.1) is 29.0 Å². The van der Waals surface area contributed by atoms with Gasteiger partial charge in [0, 0.05) is 24.7 Å². The number of pyridine rings is 1. The summed E-state index contributed by atoms with van der Waals surface area (Å²) in [6, 6.07) is 1.12. The fourth-order valence-electron chi connectivity index (χ4n) is 2.76. The molecule has 8 nitrogen and oxygen atoms in total. The standard InChI is InChI=1S/C18H14F6N6O2/c1-30(7-8-2-3-9(4-11(8)19)17(20,21)18(22,23)24)16(32)15(31)28-12-6-26-14(25)10-5-27-29-13(10)12/h2-6H,7H2,1H3,(H2,25,26)(H,27,29)(H,28,31). The van der Waals surface area contributed by atoms with Crippen molar-refractivity contribution in [3.63, 3.8) is 0 Å². The summed E-state index contributed by atoms with van der Waals surface area (Å²) in [7, 11) is 1.12. The number of nitrogens with zero attached hydrogens (tertiary/aromatic N) is 3. The predicted molar refractivity (Wildman–Crippen MR) is 99.8 cm³/mol. The molecule has 14 heteroatoms. The number of rotatable bonds is 4. The number of nitrogens with one attached hydrogen (secondary N) is 2. The molecule has 0 fully saturated rings. The van der Waals surface area contributed by atoms with Gasteiger partial charge in [-0.2, -0.15) is 27.1 Å². The van der Waals surface area contributed by atoms with Crippen LogP contribution in [0.1, 0.15) is 11.1 Å². The average molecular weight is 460 g/mol. The highest BCUT2D eigenvalue weighted by Gasteiger charge is 2.58. The molecule has 0 saturated carbocycles. The van der Waals surface area contributed by atoms with E-state index in [0.717, 1.165) is 11.9 Å². The molecule has 0 atom stereocenters. The Balaban J connectivity index is 1.73. The van der Waals surface area contributed by atoms with E-state index in [1.165, 1.54) is 12.4 Å². The highest BCUT2D eigenvalue weighted by Crippen LogP contribution is 2.44. The summed E-state index contributed by atoms with van der Waals surface area (Å²) in [6.45, 7) is -0.574. The zero-order valence-corrected chi connectivity index (χ0v) is 16.1. The van der Waals surface area contributed by atoms with Crippen LogP contribution in [0, 0.1) is 5.82 Å². The molecule has 0 radical (unpaired) electrons. The number of H-pyrrole nitrogens is 1. The Morgan fingerprint density at radius 2 is 1.88 bits per heavy atom. The number of anilines is 2. The van der Waals surface area contributed by atoms with Crippen molar-refractivity contribution in [3.05, 3.63) is 47.5 Å². The van der Waals surface area contributed by atoms with E-state index in [1.807, 2.05) is 0 Å². The van der Waals surface area contributed by atoms with Crippen LogP contribution in [0.2, 0.25) is 0 Å². The van der Waals surface area contributed by atoms with Crippen LogP contribution in [0.3, 0.4) is 0 Å². The van der Waals surface area contributed by atoms with Crippen molar-refractivity contribution in [2.45, 2.75) is 18.6 Å². The zero-order chi connectivity index (χ0) is 23.8. The topological polar surface area (TPSA) is 117 Å². The Kier molecular flexibility index (Phi) is 5.72. The molecule has 0 aliphatic rings. The Bertz CT molecular complexity index is 1190. The molecule has 3 aromatic rings. The lowest BCUT2D eigenvalue weighted by atomic mass is 10.0. The second kappa shape index (κ2) is 8.01. The van der Waals surface area contributed by atoms with Crippen LogP contribution in [-0.4, -0.2) is 45.1 Å². The average Bonchev–Trinajstić information content (AvgIpc) is 3.21. The molecule has 0 spiro atoms. The monoisotopic (exact) mass is 460 g/mol. The number of likely N-dealkylation sites (N-methyl/N-ethyl adjacent to an activating group) is 1. The molecule has 0 bridgehead atoms. The second-order valence-corrected chi connectivity index (χ2v) is 6.71. The van der Waals surface area contributed by atoms with Gasteiger partial charge in [-0.05, 0) is 6.07 Å². The SMILES string of the molecule is CN(Cc1ccc(C(F)(F)C(F)(F)F)cc1F)C(=O)C(=O)Nc1cnc(N)c2cn[nH]c12. The number of hydrogen-bond donors (Lipinski definition) is 3. The van der Waals surface area contributed by atoms with E-state index in [1.54, 1.807) is 0 Å². The molecule has 170 valence electrons. The van der Waals surface area contributed by atoms with E-state index in [9.17, 15) is 35.9 Å². The maximum Gasteiger partial charge on any atom is 0.458 e. The van der Waals surface area contributed by atoms with Gasteiger partial charge in [0.1, 0.15) is 11.6 Å². The Hall–Kier alpha value is -3.84. The highest BCUT2D eigenvalue weighted by atomic mass is 19.4. The van der Waals surface area contributed by atoms with Gasteiger partial charge in [-0.1, -0.05) is 12.1 Å². The Labute approximate surface area is 175 Å². The first-order chi connectivity index (χ1) is 14.8. The van der Waals surface area contributed by atoms with Crippen LogP contribution < -0.4 is 11.1 Å². The van der Waals surface area contributed by atoms with Gasteiger partial charge in [0.15, 0.2) is 0 Å². The van der Waals surface area contributed by atoms with Crippen LogP contribution in [0.15, 0.2) is 30.6 Å². The van der Waals surface area contributed by atoms with E-state index in [0.29, 0.717) is 23.0 Å². The van der Waals surface area contributed by atoms with Gasteiger partial charge in [-0.3, -0.25) is 14.7 Å². The first-order valence-corrected chi connectivity index (χ1v) is 8.70. The molecule has 0 saturated heterocycles. The molecule has 0 unspecified atom stereocenters. The van der Waals surface area contributed by atoms with Crippen molar-refractivity contribution in [1.29, 1.82) is 0 Å². The van der Waals surface area contributed by atoms with Gasteiger partial charge in [0.25, 0.3) is 0 Å². The summed E-state index contributed by atoms with van der Waals surface area (Å²) in [5, 5.41) is 9.01. The third kappa shape index (κ3) is 4.15. The summed E-state index contributed by atoms with van der Waals surface area (Å²) < 4.78 is 78.2. The van der Waals surface area contributed by atoms with Gasteiger partial charge < -0.3 is 16.0 Å². The number of fused-ring (bicyclic) bond motifs is 1. The molecule has 2 aromatic heterocycles. The van der Waals surface area contributed by atoms with Crippen molar-refractivity contribution in [2.24, 2.45) is 0 Å². The number of hydrogen-bond acceptors (Lipinski definition) is 5. The number of amides is 2. The van der Waals surface area contributed by atoms with Crippen LogP contribution in [0.4, 0.5) is 37.8 Å². The summed E-state index contributed by atoms with van der Waals surface area (Å²) in [6.07, 6.45) is -3.36. The molecule has 32 heavy (non-hydrogen) atoms. The van der Waals surface area contributed by atoms with E-state index in [2.05, 4.69) is 20.5 Å². The number of aromatic nitrogens is 3. The number of carbonyl (C=O) groups is 2. The molecule has 0 aliphatic carbocycles. The quantitative estimate of drug-likeness (QED) is 0.409. The number of aromatic amines is 1. The summed E-state index contributed by atoms with van der Waals surface area (Å²) in [4.78, 5) is 29.2. The molecule has 1 aromatic carbocycles. The molecule has 3 rings (SSSR count). The Morgan fingerprint density at radius 3 is 2.50 bits per heavy atom. The summed E-state index contributed by atoms with van der Waals surface area (Å²) in [5.41, 5.74) is 4.09. The molecule has 2 heterocycles. The first kappa shape index (κ1) is 22.8. The van der Waals surface area contributed by atoms with E-state index in [4.69, 9.17) is 5.73 Å². The third-order valence-electron chi connectivity index (χ3n) is 4.49. The maximum absolute atomic E-state index is 14.1. The van der Waals surface area contributed by atoms with Crippen molar-refractivity contribution in [3.8, 4) is 0 Å². The highest BCUT2D eigenvalue weighted by molar-refractivity contribution is 6.40. The smallest absolute Gasteiger partial charge is 0.383 e. The first-order valence-electron chi connectivity index (χ1n) is 8.70. The lowest BCUT2D eigenvalue weighted by Crippen LogP contribution is -2.37. The van der Waals surface area contributed by atoms with E-state index in [-0.39, 0.29) is 23.1 Å². The molecular weight excluding hydrogens is 446 g/mol. The lowest BCUT2D eigenvalue weighted by Gasteiger charge is -2.21. The molecular formula is C18H14F6N6O2. The number of benzene rings is 1. The second-order valence-electron chi connectivity index (χ2n) is 6.71. The molecule has 0 aliphatic heterocycles. The third-order valence-corrected chi connectivity index (χ3v) is 4.49. The van der Waals surface area contributed by atoms with Crippen LogP contribution in [0.5, 0.6) is 0 Å². The summed E-state index contributed by atoms with van der Waals surface area (Å²) in [5.74, 6) is -8.80. The zero-order valence-electron chi connectivity index (χ0n) is 16.1. The van der Waals surface area contributed by atoms with Crippen molar-refractivity contribution < 1.29 is 35.9 Å². The number of carbonyl (C=O) groups excluding carboxylic acids is 2. The van der Waals surface area contributed by atoms with Gasteiger partial charge in [-0.15, -0.1) is 0 Å². The maximum atomic E-state index is 14.1. The van der Waals surface area contributed by atoms with Crippen LogP contribution in [0.25, 0.3) is 10.9 Å². The van der Waals surface area contributed by atoms with E-state index < -0.39 is 41.8 Å². The minimum absolute atomic E-state index is 0.0379. The van der Waals surface area contributed by atoms with E-state index >= 15 is 0 Å². The minimum atomic E-state index is -5.90. The normalized spacial score (nSPS) is 12.1. The van der Waals surface area contributed by atoms with Gasteiger partial charge in [0.2, 0.25) is 0 Å². The van der Waals surface area contributed by atoms with Crippen LogP contribution in [-0.2, 0) is 22.1 Å². The fraction of sp³-hybridized carbons (Fsp3) is 0.222. The molecule has 4 N–H and O–H groups in total. The fourth-order valence-corrected chi connectivity index (χ4v) is 2.76. The van der Waals surface area contributed by atoms with Crippen LogP contribution >= 0.6 is 0 Å². The molecule has 2 amide bonds. The number of halogens is 6. The largest absolute Gasteiger partial charge is 0.458 e. The predicted octanol–water partition coefficient (Wildman–Crippen LogP) is 2.93. The van der Waals surface area contributed by atoms with Crippen molar-refractivity contribution >= 4 is 34.2 Å². The van der Waals surface area contributed by atoms with Gasteiger partial charge in [-0.25, -0.2) is 9.37 Å².